The van der Waals surface area contributed by atoms with Crippen molar-refractivity contribution in [2.45, 2.75) is 19.4 Å². The highest BCUT2D eigenvalue weighted by Crippen LogP contribution is 2.21. The van der Waals surface area contributed by atoms with Crippen LogP contribution in [0.5, 0.6) is 0 Å². The van der Waals surface area contributed by atoms with Gasteiger partial charge in [-0.2, -0.15) is 0 Å². The number of aryl methyl sites for hydroxylation is 1. The van der Waals surface area contributed by atoms with E-state index in [4.69, 9.17) is 0 Å². The number of rotatable bonds is 6. The molecule has 1 aromatic heterocycles. The first-order valence-corrected chi connectivity index (χ1v) is 9.53. The first kappa shape index (κ1) is 18.8. The maximum Gasteiger partial charge on any atom is 0.251 e. The second kappa shape index (κ2) is 8.60. The molecule has 0 bridgehead atoms. The van der Waals surface area contributed by atoms with Gasteiger partial charge < -0.3 is 10.6 Å². The number of amides is 2. The number of thiazole rings is 1. The highest BCUT2D eigenvalue weighted by Gasteiger charge is 2.21. The van der Waals surface area contributed by atoms with Gasteiger partial charge in [0.25, 0.3) is 5.91 Å². The van der Waals surface area contributed by atoms with E-state index in [0.29, 0.717) is 12.0 Å². The molecule has 1 heterocycles. The molecule has 3 rings (SSSR count). The van der Waals surface area contributed by atoms with Gasteiger partial charge in [-0.3, -0.25) is 9.59 Å². The summed E-state index contributed by atoms with van der Waals surface area (Å²) in [5.41, 5.74) is 3.35. The van der Waals surface area contributed by atoms with Crippen LogP contribution in [0.25, 0.3) is 11.3 Å². The van der Waals surface area contributed by atoms with Crippen LogP contribution in [0, 0.1) is 6.92 Å². The molecule has 0 fully saturated rings. The maximum atomic E-state index is 12.6. The van der Waals surface area contributed by atoms with Crippen molar-refractivity contribution in [3.63, 3.8) is 0 Å². The molecule has 27 heavy (non-hydrogen) atoms. The Morgan fingerprint density at radius 2 is 1.78 bits per heavy atom. The topological polar surface area (TPSA) is 71.1 Å². The van der Waals surface area contributed by atoms with E-state index in [2.05, 4.69) is 15.6 Å². The lowest BCUT2D eigenvalue weighted by molar-refractivity contribution is -0.122. The number of aromatic nitrogens is 1. The van der Waals surface area contributed by atoms with E-state index in [1.807, 2.05) is 54.8 Å². The van der Waals surface area contributed by atoms with Crippen LogP contribution in [0.4, 0.5) is 0 Å². The van der Waals surface area contributed by atoms with Crippen molar-refractivity contribution in [2.75, 3.05) is 7.05 Å². The zero-order valence-electron chi connectivity index (χ0n) is 15.2. The van der Waals surface area contributed by atoms with Gasteiger partial charge in [0.15, 0.2) is 0 Å². The first-order valence-electron chi connectivity index (χ1n) is 8.66. The van der Waals surface area contributed by atoms with Gasteiger partial charge in [0.05, 0.1) is 10.7 Å². The van der Waals surface area contributed by atoms with Crippen LogP contribution in [0.1, 0.15) is 20.9 Å². The standard InChI is InChI=1S/C21H21N3O2S/c1-14-23-19(13-27-14)16-8-10-17(11-9-16)20(25)24-18(21(26)22-2)12-15-6-4-3-5-7-15/h3-11,13,18H,12H2,1-2H3,(H,22,26)(H,24,25). The molecule has 2 amide bonds. The van der Waals surface area contributed by atoms with Crippen LogP contribution >= 0.6 is 11.3 Å². The van der Waals surface area contributed by atoms with E-state index in [1.54, 1.807) is 30.5 Å². The van der Waals surface area contributed by atoms with Crippen LogP contribution in [0.15, 0.2) is 60.0 Å². The maximum absolute atomic E-state index is 12.6. The summed E-state index contributed by atoms with van der Waals surface area (Å²) in [5, 5.41) is 8.44. The molecule has 0 spiro atoms. The Kier molecular flexibility index (Phi) is 5.98. The molecule has 3 aromatic rings. The summed E-state index contributed by atoms with van der Waals surface area (Å²) in [6.45, 7) is 1.96. The van der Waals surface area contributed by atoms with Crippen LogP contribution < -0.4 is 10.6 Å². The summed E-state index contributed by atoms with van der Waals surface area (Å²) < 4.78 is 0. The summed E-state index contributed by atoms with van der Waals surface area (Å²) in [5.74, 6) is -0.498. The number of carbonyl (C=O) groups is 2. The SMILES string of the molecule is CNC(=O)C(Cc1ccccc1)NC(=O)c1ccc(-c2csc(C)n2)cc1. The normalized spacial score (nSPS) is 11.6. The third-order valence-electron chi connectivity index (χ3n) is 4.21. The molecule has 5 nitrogen and oxygen atoms in total. The second-order valence-electron chi connectivity index (χ2n) is 6.16. The van der Waals surface area contributed by atoms with E-state index in [9.17, 15) is 9.59 Å². The van der Waals surface area contributed by atoms with Crippen molar-refractivity contribution in [1.82, 2.24) is 15.6 Å². The number of nitrogens with zero attached hydrogens (tertiary/aromatic N) is 1. The number of hydrogen-bond donors (Lipinski definition) is 2. The fourth-order valence-corrected chi connectivity index (χ4v) is 3.39. The van der Waals surface area contributed by atoms with Crippen LogP contribution in [-0.4, -0.2) is 29.9 Å². The van der Waals surface area contributed by atoms with Gasteiger partial charge >= 0.3 is 0 Å². The zero-order valence-corrected chi connectivity index (χ0v) is 16.0. The van der Waals surface area contributed by atoms with E-state index in [-0.39, 0.29) is 11.8 Å². The molecule has 0 saturated carbocycles. The lowest BCUT2D eigenvalue weighted by Crippen LogP contribution is -2.47. The lowest BCUT2D eigenvalue weighted by atomic mass is 10.0. The Bertz CT molecular complexity index is 920. The monoisotopic (exact) mass is 379 g/mol. The summed E-state index contributed by atoms with van der Waals surface area (Å²) in [7, 11) is 1.57. The van der Waals surface area contributed by atoms with Crippen LogP contribution in [0.3, 0.4) is 0 Å². The fourth-order valence-electron chi connectivity index (χ4n) is 2.76. The van der Waals surface area contributed by atoms with E-state index < -0.39 is 6.04 Å². The van der Waals surface area contributed by atoms with Crippen molar-refractivity contribution >= 4 is 23.2 Å². The van der Waals surface area contributed by atoms with Crippen molar-refractivity contribution in [3.05, 3.63) is 76.1 Å². The lowest BCUT2D eigenvalue weighted by Gasteiger charge is -2.17. The average Bonchev–Trinajstić information content (AvgIpc) is 3.14. The summed E-state index contributed by atoms with van der Waals surface area (Å²) in [6.07, 6.45) is 0.433. The predicted molar refractivity (Wildman–Crippen MR) is 108 cm³/mol. The summed E-state index contributed by atoms with van der Waals surface area (Å²) in [4.78, 5) is 29.3. The molecule has 0 aliphatic carbocycles. The highest BCUT2D eigenvalue weighted by atomic mass is 32.1. The Balaban J connectivity index is 1.72. The second-order valence-corrected chi connectivity index (χ2v) is 7.22. The molecule has 0 aliphatic heterocycles. The van der Waals surface area contributed by atoms with Gasteiger partial charge in [0.1, 0.15) is 6.04 Å². The smallest absolute Gasteiger partial charge is 0.251 e. The van der Waals surface area contributed by atoms with Crippen LogP contribution in [-0.2, 0) is 11.2 Å². The van der Waals surface area contributed by atoms with E-state index >= 15 is 0 Å². The van der Waals surface area contributed by atoms with Gasteiger partial charge in [-0.05, 0) is 24.6 Å². The fraction of sp³-hybridized carbons (Fsp3) is 0.190. The Labute approximate surface area is 162 Å². The van der Waals surface area contributed by atoms with Crippen LogP contribution in [0.2, 0.25) is 0 Å². The molecule has 138 valence electrons. The molecule has 1 atom stereocenters. The minimum Gasteiger partial charge on any atom is -0.357 e. The molecule has 2 N–H and O–H groups in total. The third-order valence-corrected chi connectivity index (χ3v) is 4.99. The molecule has 1 unspecified atom stereocenters. The van der Waals surface area contributed by atoms with Gasteiger partial charge in [-0.15, -0.1) is 11.3 Å². The number of likely N-dealkylation sites (N-methyl/N-ethyl adjacent to an activating group) is 1. The van der Waals surface area contributed by atoms with Crippen molar-refractivity contribution < 1.29 is 9.59 Å². The molecule has 0 aliphatic rings. The quantitative estimate of drug-likeness (QED) is 0.691. The molecular formula is C21H21N3O2S. The molecular weight excluding hydrogens is 358 g/mol. The summed E-state index contributed by atoms with van der Waals surface area (Å²) >= 11 is 1.59. The Morgan fingerprint density at radius 1 is 1.07 bits per heavy atom. The van der Waals surface area contributed by atoms with Gasteiger partial charge in [0, 0.05) is 30.0 Å². The zero-order chi connectivity index (χ0) is 19.2. The van der Waals surface area contributed by atoms with Crippen molar-refractivity contribution in [2.24, 2.45) is 0 Å². The molecule has 0 saturated heterocycles. The van der Waals surface area contributed by atoms with Gasteiger partial charge in [-0.25, -0.2) is 4.98 Å². The Hall–Kier alpha value is -2.99. The molecule has 2 aromatic carbocycles. The molecule has 6 heteroatoms. The number of carbonyl (C=O) groups excluding carboxylic acids is 2. The first-order chi connectivity index (χ1) is 13.1. The average molecular weight is 379 g/mol. The van der Waals surface area contributed by atoms with E-state index in [0.717, 1.165) is 21.8 Å². The van der Waals surface area contributed by atoms with Gasteiger partial charge in [-0.1, -0.05) is 42.5 Å². The number of nitrogens with one attached hydrogen (secondary N) is 2. The minimum absolute atomic E-state index is 0.221. The third kappa shape index (κ3) is 4.80. The van der Waals surface area contributed by atoms with E-state index in [1.165, 1.54) is 0 Å². The van der Waals surface area contributed by atoms with Crippen molar-refractivity contribution in [3.8, 4) is 11.3 Å². The summed E-state index contributed by atoms with van der Waals surface area (Å²) in [6, 6.07) is 16.2. The Morgan fingerprint density at radius 3 is 2.37 bits per heavy atom. The largest absolute Gasteiger partial charge is 0.357 e. The highest BCUT2D eigenvalue weighted by molar-refractivity contribution is 7.09. The number of hydrogen-bond acceptors (Lipinski definition) is 4. The number of benzene rings is 2. The minimum atomic E-state index is -0.634. The predicted octanol–water partition coefficient (Wildman–Crippen LogP) is 3.21. The van der Waals surface area contributed by atoms with Crippen molar-refractivity contribution in [1.29, 1.82) is 0 Å². The van der Waals surface area contributed by atoms with Gasteiger partial charge in [0.2, 0.25) is 5.91 Å². The molecule has 0 radical (unpaired) electrons.